The van der Waals surface area contributed by atoms with E-state index in [-0.39, 0.29) is 23.3 Å². The average molecular weight is 619 g/mol. The van der Waals surface area contributed by atoms with Gasteiger partial charge >= 0.3 is 7.12 Å². The number of halogens is 7. The van der Waals surface area contributed by atoms with Crippen LogP contribution in [-0.2, 0) is 11.8 Å². The van der Waals surface area contributed by atoms with Gasteiger partial charge in [-0.25, -0.2) is 36.0 Å². The van der Waals surface area contributed by atoms with Gasteiger partial charge in [-0.15, -0.1) is 0 Å². The molecule has 0 aliphatic rings. The summed E-state index contributed by atoms with van der Waals surface area (Å²) in [5, 5.41) is 17.8. The van der Waals surface area contributed by atoms with Crippen LogP contribution >= 0.6 is 15.9 Å². The number of nitrogens with zero attached hydrogens (tertiary/aromatic N) is 2. The van der Waals surface area contributed by atoms with Crippen LogP contribution in [-0.4, -0.2) is 17.2 Å². The topological polar surface area (TPSA) is 49.2 Å². The summed E-state index contributed by atoms with van der Waals surface area (Å²) in [7, 11) is -1.66. The summed E-state index contributed by atoms with van der Waals surface area (Å²) in [5.41, 5.74) is 1.49. The highest BCUT2D eigenvalue weighted by atomic mass is 79.9. The minimum atomic E-state index is -1.66. The van der Waals surface area contributed by atoms with Gasteiger partial charge in [0.05, 0.1) is 13.1 Å². The Kier molecular flexibility index (Phi) is 12.4. The van der Waals surface area contributed by atoms with Crippen molar-refractivity contribution in [2.24, 2.45) is 0 Å². The highest BCUT2D eigenvalue weighted by Crippen LogP contribution is 2.22. The zero-order valence-corrected chi connectivity index (χ0v) is 21.9. The quantitative estimate of drug-likeness (QED) is 0.110. The molecule has 12 heteroatoms. The molecule has 0 aromatic heterocycles. The largest absolute Gasteiger partial charge is 0.487 e. The van der Waals surface area contributed by atoms with Crippen LogP contribution in [0.25, 0.3) is 9.69 Å². The third-order valence-electron chi connectivity index (χ3n) is 4.93. The summed E-state index contributed by atoms with van der Waals surface area (Å²) >= 11 is 3.09. The predicted molar refractivity (Wildman–Crippen MR) is 143 cm³/mol. The molecule has 4 nitrogen and oxygen atoms in total. The van der Waals surface area contributed by atoms with Crippen LogP contribution in [0.5, 0.6) is 0 Å². The molecule has 0 unspecified atom stereocenters. The zero-order chi connectivity index (χ0) is 29.8. The van der Waals surface area contributed by atoms with E-state index in [1.807, 2.05) is 0 Å². The van der Waals surface area contributed by atoms with E-state index in [0.717, 1.165) is 24.3 Å². The molecule has 0 bridgehead atoms. The Morgan fingerprint density at radius 2 is 1.05 bits per heavy atom. The van der Waals surface area contributed by atoms with Crippen molar-refractivity contribution >= 4 is 39.9 Å². The van der Waals surface area contributed by atoms with Gasteiger partial charge in [-0.1, -0.05) is 39.7 Å². The van der Waals surface area contributed by atoms with E-state index >= 15 is 0 Å². The lowest BCUT2D eigenvalue weighted by atomic mass is 9.80. The van der Waals surface area contributed by atoms with Crippen molar-refractivity contribution in [3.63, 3.8) is 0 Å². The van der Waals surface area contributed by atoms with Crippen LogP contribution in [0.2, 0.25) is 0 Å². The molecule has 0 saturated carbocycles. The fourth-order valence-corrected chi connectivity index (χ4v) is 3.49. The number of rotatable bonds is 4. The van der Waals surface area contributed by atoms with Gasteiger partial charge in [-0.2, -0.15) is 0 Å². The van der Waals surface area contributed by atoms with Crippen LogP contribution in [0.15, 0.2) is 72.8 Å². The maximum absolute atomic E-state index is 13.1. The molecule has 4 aromatic rings. The molecule has 0 fully saturated rings. The van der Waals surface area contributed by atoms with Crippen molar-refractivity contribution in [2.45, 2.75) is 11.8 Å². The van der Waals surface area contributed by atoms with Crippen molar-refractivity contribution < 1.29 is 36.4 Å². The fourth-order valence-electron chi connectivity index (χ4n) is 3.17. The number of hydrogen-bond acceptors (Lipinski definition) is 2. The molecule has 4 rings (SSSR count). The van der Waals surface area contributed by atoms with Crippen molar-refractivity contribution in [1.82, 2.24) is 0 Å². The minimum absolute atomic E-state index is 0.0932. The van der Waals surface area contributed by atoms with E-state index in [0.29, 0.717) is 22.0 Å². The van der Waals surface area contributed by atoms with Gasteiger partial charge in [0.2, 0.25) is 11.4 Å². The van der Waals surface area contributed by atoms with Crippen molar-refractivity contribution in [1.29, 1.82) is 0 Å². The van der Waals surface area contributed by atoms with Gasteiger partial charge < -0.3 is 10.0 Å². The number of alkyl halides is 1. The van der Waals surface area contributed by atoms with Gasteiger partial charge in [0.25, 0.3) is 0 Å². The molecule has 0 atom stereocenters. The Morgan fingerprint density at radius 3 is 1.50 bits per heavy atom. The summed E-state index contributed by atoms with van der Waals surface area (Å²) in [6.45, 7) is 13.3. The molecular weight excluding hydrogens is 601 g/mol. The summed E-state index contributed by atoms with van der Waals surface area (Å²) in [6.07, 6.45) is 0.248. The second kappa shape index (κ2) is 15.5. The molecule has 204 valence electrons. The molecule has 0 heterocycles. The van der Waals surface area contributed by atoms with E-state index in [9.17, 15) is 26.3 Å². The van der Waals surface area contributed by atoms with E-state index in [1.165, 1.54) is 48.5 Å². The molecular formula is C28H18BBrF6N2O2. The number of hydrogen-bond donors (Lipinski definition) is 2. The second-order valence-corrected chi connectivity index (χ2v) is 8.52. The van der Waals surface area contributed by atoms with E-state index in [4.69, 9.17) is 23.2 Å². The van der Waals surface area contributed by atoms with Gasteiger partial charge in [-0.05, 0) is 65.5 Å². The van der Waals surface area contributed by atoms with Gasteiger partial charge in [0.15, 0.2) is 0 Å². The van der Waals surface area contributed by atoms with Gasteiger partial charge in [0.1, 0.15) is 34.9 Å². The maximum Gasteiger partial charge on any atom is 0.487 e. The first-order valence-corrected chi connectivity index (χ1v) is 12.2. The highest BCUT2D eigenvalue weighted by molar-refractivity contribution is 9.08. The summed E-state index contributed by atoms with van der Waals surface area (Å²) < 4.78 is 76.5. The van der Waals surface area contributed by atoms with Crippen molar-refractivity contribution in [3.05, 3.63) is 147 Å². The molecule has 0 saturated heterocycles. The smallest absolute Gasteiger partial charge is 0.423 e. The minimum Gasteiger partial charge on any atom is -0.423 e. The molecule has 4 aromatic carbocycles. The Balaban J connectivity index is 0.000000222. The molecule has 0 spiro atoms. The van der Waals surface area contributed by atoms with Crippen LogP contribution in [0.4, 0.5) is 37.7 Å². The molecule has 0 radical (unpaired) electrons. The Morgan fingerprint density at radius 1 is 0.600 bits per heavy atom. The first-order chi connectivity index (χ1) is 18.9. The van der Waals surface area contributed by atoms with Crippen molar-refractivity contribution in [3.8, 4) is 0 Å². The van der Waals surface area contributed by atoms with Crippen LogP contribution < -0.4 is 5.46 Å². The number of benzene rings is 4. The Hall–Kier alpha value is -4.10. The third-order valence-corrected chi connectivity index (χ3v) is 5.57. The Labute approximate surface area is 235 Å². The molecule has 0 aliphatic heterocycles. The molecule has 40 heavy (non-hydrogen) atoms. The summed E-state index contributed by atoms with van der Waals surface area (Å²) in [5.74, 6) is -3.63. The van der Waals surface area contributed by atoms with E-state index in [1.54, 1.807) is 0 Å². The first kappa shape index (κ1) is 32.1. The lowest BCUT2D eigenvalue weighted by Gasteiger charge is -2.04. The predicted octanol–water partition coefficient (Wildman–Crippen LogP) is 7.16. The lowest BCUT2D eigenvalue weighted by molar-refractivity contribution is 0.425. The Bertz CT molecular complexity index is 1520. The molecule has 0 aliphatic carbocycles. The van der Waals surface area contributed by atoms with Crippen LogP contribution in [0.1, 0.15) is 16.7 Å². The SMILES string of the molecule is Fc1cc(F)cc(CBr)c1.[C-]#[N+]c1cc(B(O)O)ccc1F.[C-]#[N+]c1cc(Cc2cc(F)cc(F)c2)ccc1F. The second-order valence-electron chi connectivity index (χ2n) is 7.96. The maximum atomic E-state index is 13.1. The zero-order valence-electron chi connectivity index (χ0n) is 20.4. The summed E-state index contributed by atoms with van der Waals surface area (Å²) in [6, 6.07) is 14.1. The molecule has 2 N–H and O–H groups in total. The standard InChI is InChI=1S/C14H8F3N.C7H5BFNO2.C7H5BrF2/c1-18-14-7-9(2-3-13(14)17)4-10-5-11(15)8-12(16)6-10;1-10-7-4-5(8(11)12)2-3-6(7)9;8-4-5-1-6(9)3-7(10)2-5/h2-3,5-8H,4H2;2-4,11-12H;1-3H,4H2. The summed E-state index contributed by atoms with van der Waals surface area (Å²) in [4.78, 5) is 5.90. The molecule has 0 amide bonds. The van der Waals surface area contributed by atoms with Crippen molar-refractivity contribution in [2.75, 3.05) is 0 Å². The van der Waals surface area contributed by atoms with Gasteiger partial charge in [0, 0.05) is 17.5 Å². The van der Waals surface area contributed by atoms with Gasteiger partial charge in [-0.3, -0.25) is 0 Å². The van der Waals surface area contributed by atoms with Crippen LogP contribution in [0.3, 0.4) is 0 Å². The lowest BCUT2D eigenvalue weighted by Crippen LogP contribution is -2.29. The fraction of sp³-hybridized carbons (Fsp3) is 0.0714. The highest BCUT2D eigenvalue weighted by Gasteiger charge is 2.13. The third kappa shape index (κ3) is 10.2. The van der Waals surface area contributed by atoms with E-state index in [2.05, 4.69) is 25.6 Å². The normalized spacial score (nSPS) is 9.78. The van der Waals surface area contributed by atoms with Crippen LogP contribution in [0, 0.1) is 48.0 Å². The first-order valence-electron chi connectivity index (χ1n) is 11.1. The van der Waals surface area contributed by atoms with E-state index < -0.39 is 42.0 Å². The average Bonchev–Trinajstić information content (AvgIpc) is 2.89. The monoisotopic (exact) mass is 618 g/mol.